The number of amides is 2. The summed E-state index contributed by atoms with van der Waals surface area (Å²) in [6, 6.07) is 4.18. The van der Waals surface area contributed by atoms with Gasteiger partial charge in [0.1, 0.15) is 5.71 Å². The Hall–Kier alpha value is -2.26. The Labute approximate surface area is 121 Å². The molecule has 1 aliphatic rings. The number of primary sulfonamides is 1. The summed E-state index contributed by atoms with van der Waals surface area (Å²) in [5.74, 6) is -0.747. The zero-order valence-corrected chi connectivity index (χ0v) is 12.0. The Morgan fingerprint density at radius 2 is 2.10 bits per heavy atom. The van der Waals surface area contributed by atoms with E-state index in [2.05, 4.69) is 15.8 Å². The van der Waals surface area contributed by atoms with E-state index in [1.807, 2.05) is 0 Å². The van der Waals surface area contributed by atoms with E-state index in [1.165, 1.54) is 12.1 Å². The molecule has 0 saturated carbocycles. The van der Waals surface area contributed by atoms with E-state index in [0.717, 1.165) is 0 Å². The molecule has 8 nitrogen and oxygen atoms in total. The summed E-state index contributed by atoms with van der Waals surface area (Å²) in [6.07, 6.45) is 0.411. The zero-order valence-electron chi connectivity index (χ0n) is 11.2. The largest absolute Gasteiger partial charge is 0.321 e. The highest BCUT2D eigenvalue weighted by molar-refractivity contribution is 7.89. The van der Waals surface area contributed by atoms with Crippen LogP contribution in [0, 0.1) is 6.92 Å². The molecule has 2 amide bonds. The normalized spacial score (nSPS) is 15.1. The standard InChI is InChI=1S/C12H14N4O4S/c1-7-2-3-8(21(13,19)20)6-10(7)14-12(18)9-4-5-11(17)16-15-9/h2-3,6H,4-5H2,1H3,(H,14,18)(H,16,17)(H2,13,19,20). The third-order valence-electron chi connectivity index (χ3n) is 2.95. The lowest BCUT2D eigenvalue weighted by atomic mass is 10.1. The van der Waals surface area contributed by atoms with Crippen molar-refractivity contribution in [3.63, 3.8) is 0 Å². The summed E-state index contributed by atoms with van der Waals surface area (Å²) in [7, 11) is -3.85. The molecular formula is C12H14N4O4S. The first-order valence-corrected chi connectivity index (χ1v) is 7.62. The second-order valence-electron chi connectivity index (χ2n) is 4.57. The zero-order chi connectivity index (χ0) is 15.6. The average molecular weight is 310 g/mol. The van der Waals surface area contributed by atoms with E-state index in [4.69, 9.17) is 5.14 Å². The van der Waals surface area contributed by atoms with Crippen molar-refractivity contribution in [2.75, 3.05) is 5.32 Å². The van der Waals surface area contributed by atoms with Gasteiger partial charge in [0.15, 0.2) is 0 Å². The molecule has 0 aromatic heterocycles. The van der Waals surface area contributed by atoms with Gasteiger partial charge in [-0.1, -0.05) is 6.07 Å². The molecule has 4 N–H and O–H groups in total. The highest BCUT2D eigenvalue weighted by Crippen LogP contribution is 2.19. The van der Waals surface area contributed by atoms with E-state index >= 15 is 0 Å². The fourth-order valence-corrected chi connectivity index (χ4v) is 2.28. The lowest BCUT2D eigenvalue weighted by Crippen LogP contribution is -2.33. The van der Waals surface area contributed by atoms with Crippen LogP contribution in [0.5, 0.6) is 0 Å². The van der Waals surface area contributed by atoms with Crippen molar-refractivity contribution in [2.45, 2.75) is 24.7 Å². The van der Waals surface area contributed by atoms with E-state index in [0.29, 0.717) is 11.3 Å². The van der Waals surface area contributed by atoms with Crippen LogP contribution in [-0.2, 0) is 19.6 Å². The molecule has 0 spiro atoms. The fourth-order valence-electron chi connectivity index (χ4n) is 1.75. The Bertz CT molecular complexity index is 740. The monoisotopic (exact) mass is 310 g/mol. The number of anilines is 1. The number of aryl methyl sites for hydroxylation is 1. The van der Waals surface area contributed by atoms with E-state index in [-0.39, 0.29) is 29.4 Å². The molecule has 0 atom stereocenters. The number of nitrogens with one attached hydrogen (secondary N) is 2. The molecule has 1 heterocycles. The molecule has 0 fully saturated rings. The van der Waals surface area contributed by atoms with Crippen LogP contribution in [0.3, 0.4) is 0 Å². The molecule has 1 aromatic carbocycles. The number of nitrogens with two attached hydrogens (primary N) is 1. The predicted octanol–water partition coefficient (Wildman–Crippen LogP) is -0.153. The molecule has 0 unspecified atom stereocenters. The van der Waals surface area contributed by atoms with Crippen LogP contribution in [0.4, 0.5) is 5.69 Å². The summed E-state index contributed by atoms with van der Waals surface area (Å²) in [4.78, 5) is 22.9. The van der Waals surface area contributed by atoms with Gasteiger partial charge in [-0.25, -0.2) is 19.0 Å². The summed E-state index contributed by atoms with van der Waals surface area (Å²) < 4.78 is 22.6. The van der Waals surface area contributed by atoms with Crippen LogP contribution in [0.25, 0.3) is 0 Å². The van der Waals surface area contributed by atoms with Crippen LogP contribution in [0.1, 0.15) is 18.4 Å². The second-order valence-corrected chi connectivity index (χ2v) is 6.13. The van der Waals surface area contributed by atoms with Gasteiger partial charge in [0.2, 0.25) is 15.9 Å². The first-order valence-electron chi connectivity index (χ1n) is 6.07. The van der Waals surface area contributed by atoms with Gasteiger partial charge in [0.05, 0.1) is 4.90 Å². The third-order valence-corrected chi connectivity index (χ3v) is 3.86. The Kier molecular flexibility index (Phi) is 4.05. The number of carbonyl (C=O) groups excluding carboxylic acids is 2. The maximum Gasteiger partial charge on any atom is 0.271 e. The maximum atomic E-state index is 12.0. The van der Waals surface area contributed by atoms with Crippen LogP contribution >= 0.6 is 0 Å². The van der Waals surface area contributed by atoms with Gasteiger partial charge in [-0.05, 0) is 24.6 Å². The number of sulfonamides is 1. The van der Waals surface area contributed by atoms with Gasteiger partial charge in [0.25, 0.3) is 5.91 Å². The first-order chi connectivity index (χ1) is 9.77. The van der Waals surface area contributed by atoms with Crippen molar-refractivity contribution in [3.8, 4) is 0 Å². The molecule has 1 aromatic rings. The Balaban J connectivity index is 2.23. The van der Waals surface area contributed by atoms with Crippen molar-refractivity contribution in [1.82, 2.24) is 5.43 Å². The van der Waals surface area contributed by atoms with Crippen LogP contribution in [-0.4, -0.2) is 25.9 Å². The second kappa shape index (κ2) is 5.62. The molecular weight excluding hydrogens is 296 g/mol. The highest BCUT2D eigenvalue weighted by Gasteiger charge is 2.19. The van der Waals surface area contributed by atoms with Crippen molar-refractivity contribution in [1.29, 1.82) is 0 Å². The Morgan fingerprint density at radius 3 is 2.67 bits per heavy atom. The van der Waals surface area contributed by atoms with Gasteiger partial charge < -0.3 is 5.32 Å². The van der Waals surface area contributed by atoms with Crippen molar-refractivity contribution >= 4 is 33.2 Å². The molecule has 0 saturated heterocycles. The molecule has 0 radical (unpaired) electrons. The SMILES string of the molecule is Cc1ccc(S(N)(=O)=O)cc1NC(=O)C1=NNC(=O)CC1. The van der Waals surface area contributed by atoms with E-state index < -0.39 is 15.9 Å². The summed E-state index contributed by atoms with van der Waals surface area (Å²) in [6.45, 7) is 1.72. The maximum absolute atomic E-state index is 12.0. The molecule has 21 heavy (non-hydrogen) atoms. The molecule has 0 aliphatic carbocycles. The van der Waals surface area contributed by atoms with Gasteiger partial charge in [0, 0.05) is 18.5 Å². The van der Waals surface area contributed by atoms with Crippen LogP contribution in [0.2, 0.25) is 0 Å². The number of hydrogen-bond donors (Lipinski definition) is 3. The number of benzene rings is 1. The predicted molar refractivity (Wildman–Crippen MR) is 76.0 cm³/mol. The highest BCUT2D eigenvalue weighted by atomic mass is 32.2. The van der Waals surface area contributed by atoms with Crippen LogP contribution in [0.15, 0.2) is 28.2 Å². The molecule has 112 valence electrons. The fraction of sp³-hybridized carbons (Fsp3) is 0.250. The van der Waals surface area contributed by atoms with E-state index in [9.17, 15) is 18.0 Å². The number of carbonyl (C=O) groups is 2. The number of hydrazone groups is 1. The van der Waals surface area contributed by atoms with Gasteiger partial charge in [-0.2, -0.15) is 5.10 Å². The number of hydrogen-bond acceptors (Lipinski definition) is 5. The number of rotatable bonds is 3. The smallest absolute Gasteiger partial charge is 0.271 e. The average Bonchev–Trinajstić information content (AvgIpc) is 2.40. The van der Waals surface area contributed by atoms with Crippen molar-refractivity contribution < 1.29 is 18.0 Å². The minimum absolute atomic E-state index is 0.0951. The third kappa shape index (κ3) is 3.64. The summed E-state index contributed by atoms with van der Waals surface area (Å²) >= 11 is 0. The number of nitrogens with zero attached hydrogens (tertiary/aromatic N) is 1. The minimum atomic E-state index is -3.85. The van der Waals surface area contributed by atoms with Gasteiger partial charge in [-0.15, -0.1) is 0 Å². The summed E-state index contributed by atoms with van der Waals surface area (Å²) in [5, 5.41) is 11.3. The summed E-state index contributed by atoms with van der Waals surface area (Å²) in [5.41, 5.74) is 3.40. The topological polar surface area (TPSA) is 131 Å². The van der Waals surface area contributed by atoms with E-state index in [1.54, 1.807) is 13.0 Å². The van der Waals surface area contributed by atoms with Crippen molar-refractivity contribution in [3.05, 3.63) is 23.8 Å². The molecule has 1 aliphatic heterocycles. The lowest BCUT2D eigenvalue weighted by molar-refractivity contribution is -0.121. The van der Waals surface area contributed by atoms with Gasteiger partial charge >= 0.3 is 0 Å². The minimum Gasteiger partial charge on any atom is -0.321 e. The molecule has 2 rings (SSSR count). The van der Waals surface area contributed by atoms with Crippen LogP contribution < -0.4 is 15.9 Å². The van der Waals surface area contributed by atoms with Crippen molar-refractivity contribution in [2.24, 2.45) is 10.2 Å². The Morgan fingerprint density at radius 1 is 1.38 bits per heavy atom. The van der Waals surface area contributed by atoms with Gasteiger partial charge in [-0.3, -0.25) is 9.59 Å². The molecule has 9 heteroatoms. The quantitative estimate of drug-likeness (QED) is 0.716. The lowest BCUT2D eigenvalue weighted by Gasteiger charge is -2.13. The molecule has 0 bridgehead atoms. The first kappa shape index (κ1) is 15.1.